The number of imidazole rings is 1. The number of amides is 1. The maximum Gasteiger partial charge on any atom is 0.407 e. The van der Waals surface area contributed by atoms with Crippen molar-refractivity contribution in [2.45, 2.75) is 59.1 Å². The molecule has 2 aromatic heterocycles. The first kappa shape index (κ1) is 23.5. The lowest BCUT2D eigenvalue weighted by Crippen LogP contribution is -2.32. The highest BCUT2D eigenvalue weighted by atomic mass is 79.9. The second-order valence-electron chi connectivity index (χ2n) is 8.36. The van der Waals surface area contributed by atoms with Gasteiger partial charge in [0.2, 0.25) is 0 Å². The van der Waals surface area contributed by atoms with Crippen LogP contribution in [0.2, 0.25) is 5.15 Å². The van der Waals surface area contributed by atoms with Gasteiger partial charge in [0, 0.05) is 29.4 Å². The van der Waals surface area contributed by atoms with Crippen LogP contribution >= 0.6 is 27.5 Å². The van der Waals surface area contributed by atoms with Crippen LogP contribution in [0.15, 0.2) is 34.8 Å². The van der Waals surface area contributed by atoms with Crippen LogP contribution in [-0.2, 0) is 17.7 Å². The maximum absolute atomic E-state index is 11.8. The molecular formula is C23H28BrClN4O2. The average Bonchev–Trinajstić information content (AvgIpc) is 3.05. The van der Waals surface area contributed by atoms with Crippen LogP contribution in [-0.4, -0.2) is 32.8 Å². The van der Waals surface area contributed by atoms with Crippen LogP contribution < -0.4 is 5.32 Å². The van der Waals surface area contributed by atoms with Crippen LogP contribution in [0.3, 0.4) is 0 Å². The third kappa shape index (κ3) is 5.98. The Morgan fingerprint density at radius 2 is 2.06 bits per heavy atom. The molecule has 0 saturated carbocycles. The summed E-state index contributed by atoms with van der Waals surface area (Å²) >= 11 is 10.0. The average molecular weight is 508 g/mol. The van der Waals surface area contributed by atoms with E-state index in [1.54, 1.807) is 0 Å². The molecule has 1 amide bonds. The van der Waals surface area contributed by atoms with Crippen LogP contribution in [0.25, 0.3) is 21.9 Å². The minimum Gasteiger partial charge on any atom is -0.444 e. The highest BCUT2D eigenvalue weighted by Gasteiger charge is 2.17. The molecule has 6 nitrogen and oxygen atoms in total. The summed E-state index contributed by atoms with van der Waals surface area (Å²) in [5.41, 5.74) is 2.02. The first-order valence-electron chi connectivity index (χ1n) is 10.5. The molecule has 1 aromatic carbocycles. The first-order chi connectivity index (χ1) is 14.7. The molecule has 3 rings (SSSR count). The van der Waals surface area contributed by atoms with E-state index in [2.05, 4.69) is 43.8 Å². The number of ether oxygens (including phenoxy) is 1. The second-order valence-corrected chi connectivity index (χ2v) is 9.63. The lowest BCUT2D eigenvalue weighted by molar-refractivity contribution is 0.0534. The Morgan fingerprint density at radius 3 is 2.77 bits per heavy atom. The SMILES string of the molecule is CCCCc1nc2c(Cl)nc3ccc(Br)cc3c2n1C/C=C/CNC(=O)OC(C)(C)C. The van der Waals surface area contributed by atoms with Gasteiger partial charge in [0.1, 0.15) is 16.9 Å². The molecule has 2 heterocycles. The molecule has 0 fully saturated rings. The maximum atomic E-state index is 11.8. The number of carbonyl (C=O) groups excluding carboxylic acids is 1. The number of allylic oxidation sites excluding steroid dienone is 1. The summed E-state index contributed by atoms with van der Waals surface area (Å²) in [6.45, 7) is 8.69. The van der Waals surface area contributed by atoms with E-state index >= 15 is 0 Å². The van der Waals surface area contributed by atoms with Crippen LogP contribution in [0.1, 0.15) is 46.4 Å². The number of aryl methyl sites for hydroxylation is 1. The molecule has 0 unspecified atom stereocenters. The minimum atomic E-state index is -0.514. The summed E-state index contributed by atoms with van der Waals surface area (Å²) in [4.78, 5) is 21.2. The third-order valence-corrected chi connectivity index (χ3v) is 5.40. The van der Waals surface area contributed by atoms with Crippen LogP contribution in [0.4, 0.5) is 4.79 Å². The summed E-state index contributed by atoms with van der Waals surface area (Å²) in [5, 5.41) is 4.16. The normalized spacial score (nSPS) is 12.2. The Hall–Kier alpha value is -2.12. The zero-order chi connectivity index (χ0) is 22.6. The number of fused-ring (bicyclic) bond motifs is 3. The quantitative estimate of drug-likeness (QED) is 0.296. The van der Waals surface area contributed by atoms with Gasteiger partial charge in [0.15, 0.2) is 5.15 Å². The van der Waals surface area contributed by atoms with Gasteiger partial charge in [-0.2, -0.15) is 0 Å². The molecule has 0 saturated heterocycles. The molecule has 8 heteroatoms. The molecule has 0 aliphatic heterocycles. The van der Waals surface area contributed by atoms with Gasteiger partial charge in [-0.3, -0.25) is 0 Å². The van der Waals surface area contributed by atoms with E-state index < -0.39 is 11.7 Å². The number of nitrogens with one attached hydrogen (secondary N) is 1. The molecule has 0 aliphatic rings. The van der Waals surface area contributed by atoms with E-state index in [1.165, 1.54) is 0 Å². The van der Waals surface area contributed by atoms with Crippen molar-refractivity contribution in [1.82, 2.24) is 19.9 Å². The van der Waals surface area contributed by atoms with Gasteiger partial charge in [-0.1, -0.05) is 53.0 Å². The fraction of sp³-hybridized carbons (Fsp3) is 0.435. The number of nitrogens with zero attached hydrogens (tertiary/aromatic N) is 3. The van der Waals surface area contributed by atoms with Crippen molar-refractivity contribution in [3.8, 4) is 0 Å². The number of hydrogen-bond donors (Lipinski definition) is 1. The van der Waals surface area contributed by atoms with E-state index in [-0.39, 0.29) is 0 Å². The van der Waals surface area contributed by atoms with E-state index in [1.807, 2.05) is 45.1 Å². The molecule has 166 valence electrons. The van der Waals surface area contributed by atoms with Crippen molar-refractivity contribution in [3.63, 3.8) is 0 Å². The minimum absolute atomic E-state index is 0.389. The molecule has 0 bridgehead atoms. The van der Waals surface area contributed by atoms with E-state index in [9.17, 15) is 4.79 Å². The zero-order valence-electron chi connectivity index (χ0n) is 18.3. The van der Waals surface area contributed by atoms with Crippen molar-refractivity contribution in [2.75, 3.05) is 6.54 Å². The number of alkyl carbamates (subject to hydrolysis) is 1. The number of carbonyl (C=O) groups is 1. The Labute approximate surface area is 196 Å². The Kier molecular flexibility index (Phi) is 7.59. The van der Waals surface area contributed by atoms with Crippen molar-refractivity contribution >= 4 is 55.6 Å². The largest absolute Gasteiger partial charge is 0.444 e. The van der Waals surface area contributed by atoms with Gasteiger partial charge < -0.3 is 14.6 Å². The van der Waals surface area contributed by atoms with Crippen molar-refractivity contribution in [3.05, 3.63) is 45.8 Å². The summed E-state index contributed by atoms with van der Waals surface area (Å²) in [6, 6.07) is 5.96. The predicted molar refractivity (Wildman–Crippen MR) is 130 cm³/mol. The van der Waals surface area contributed by atoms with Crippen molar-refractivity contribution < 1.29 is 9.53 Å². The highest BCUT2D eigenvalue weighted by molar-refractivity contribution is 9.10. The van der Waals surface area contributed by atoms with Crippen molar-refractivity contribution in [2.24, 2.45) is 0 Å². The molecule has 0 aliphatic carbocycles. The zero-order valence-corrected chi connectivity index (χ0v) is 20.7. The predicted octanol–water partition coefficient (Wildman–Crippen LogP) is 6.42. The summed E-state index contributed by atoms with van der Waals surface area (Å²) in [6.07, 6.45) is 6.49. The molecule has 0 radical (unpaired) electrons. The Balaban J connectivity index is 1.89. The van der Waals surface area contributed by atoms with Gasteiger partial charge in [-0.25, -0.2) is 14.8 Å². The Morgan fingerprint density at radius 1 is 1.29 bits per heavy atom. The number of halogens is 2. The molecule has 1 N–H and O–H groups in total. The number of pyridine rings is 1. The monoisotopic (exact) mass is 506 g/mol. The molecule has 31 heavy (non-hydrogen) atoms. The Bertz CT molecular complexity index is 1120. The van der Waals surface area contributed by atoms with Gasteiger partial charge in [-0.15, -0.1) is 0 Å². The highest BCUT2D eigenvalue weighted by Crippen LogP contribution is 2.32. The first-order valence-corrected chi connectivity index (χ1v) is 11.6. The smallest absolute Gasteiger partial charge is 0.407 e. The van der Waals surface area contributed by atoms with E-state index in [0.29, 0.717) is 18.2 Å². The van der Waals surface area contributed by atoms with Crippen LogP contribution in [0, 0.1) is 0 Å². The number of unbranched alkanes of at least 4 members (excludes halogenated alkanes) is 1. The molecular weight excluding hydrogens is 480 g/mol. The summed E-state index contributed by atoms with van der Waals surface area (Å²) in [7, 11) is 0. The third-order valence-electron chi connectivity index (χ3n) is 4.65. The molecule has 0 atom stereocenters. The van der Waals surface area contributed by atoms with Crippen LogP contribution in [0.5, 0.6) is 0 Å². The van der Waals surface area contributed by atoms with E-state index in [4.69, 9.17) is 21.3 Å². The molecule has 3 aromatic rings. The number of aromatic nitrogens is 3. The summed E-state index contributed by atoms with van der Waals surface area (Å²) < 4.78 is 8.43. The topological polar surface area (TPSA) is 69.0 Å². The standard InChI is InChI=1S/C23H28BrClN4O2/c1-5-6-9-18-28-19-20(16-14-15(24)10-11-17(16)27-21(19)25)29(18)13-8-7-12-26-22(30)31-23(2,3)4/h7-8,10-11,14H,5-6,9,12-13H2,1-4H3,(H,26,30)/b8-7+. The fourth-order valence-corrected chi connectivity index (χ4v) is 3.90. The van der Waals surface area contributed by atoms with Crippen molar-refractivity contribution in [1.29, 1.82) is 0 Å². The lowest BCUT2D eigenvalue weighted by Gasteiger charge is -2.19. The van der Waals surface area contributed by atoms with Gasteiger partial charge >= 0.3 is 6.09 Å². The van der Waals surface area contributed by atoms with E-state index in [0.717, 1.165) is 51.5 Å². The number of hydrogen-bond acceptors (Lipinski definition) is 4. The van der Waals surface area contributed by atoms with Gasteiger partial charge in [-0.05, 0) is 45.4 Å². The number of benzene rings is 1. The molecule has 0 spiro atoms. The van der Waals surface area contributed by atoms with Gasteiger partial charge in [0.25, 0.3) is 0 Å². The number of rotatable bonds is 7. The second kappa shape index (κ2) is 10.0. The fourth-order valence-electron chi connectivity index (χ4n) is 3.31. The summed E-state index contributed by atoms with van der Waals surface area (Å²) in [5.74, 6) is 0.984. The van der Waals surface area contributed by atoms with Gasteiger partial charge in [0.05, 0.1) is 11.0 Å². The lowest BCUT2D eigenvalue weighted by atomic mass is 10.2.